The van der Waals surface area contributed by atoms with Crippen LogP contribution < -0.4 is 15.7 Å². The van der Waals surface area contributed by atoms with Crippen molar-refractivity contribution in [2.24, 2.45) is 0 Å². The minimum absolute atomic E-state index is 0.203. The van der Waals surface area contributed by atoms with E-state index in [-0.39, 0.29) is 5.75 Å². The van der Waals surface area contributed by atoms with Gasteiger partial charge in [0.05, 0.1) is 5.39 Å². The Labute approximate surface area is 161 Å². The Morgan fingerprint density at radius 2 is 1.71 bits per heavy atom. The van der Waals surface area contributed by atoms with Gasteiger partial charge >= 0.3 is 17.7 Å². The summed E-state index contributed by atoms with van der Waals surface area (Å²) in [4.78, 5) is 36.1. The first-order chi connectivity index (χ1) is 13.1. The van der Waals surface area contributed by atoms with Gasteiger partial charge < -0.3 is 19.2 Å². The predicted molar refractivity (Wildman–Crippen MR) is 104 cm³/mol. The van der Waals surface area contributed by atoms with E-state index in [1.807, 2.05) is 12.1 Å². The molecule has 28 heavy (non-hydrogen) atoms. The monoisotopic (exact) mass is 383 g/mol. The van der Waals surface area contributed by atoms with E-state index in [1.165, 1.54) is 13.0 Å². The zero-order valence-corrected chi connectivity index (χ0v) is 16.1. The number of benzene rings is 2. The fourth-order valence-corrected chi connectivity index (χ4v) is 2.67. The van der Waals surface area contributed by atoms with E-state index in [4.69, 9.17) is 13.9 Å². The molecule has 7 nitrogen and oxygen atoms in total. The fraction of sp³-hybridized carbons (Fsp3) is 0.286. The molecule has 1 aromatic heterocycles. The molecule has 0 aliphatic rings. The smallest absolute Gasteiger partial charge is 0.408 e. The third-order valence-corrected chi connectivity index (χ3v) is 3.90. The number of fused-ring (bicyclic) bond motifs is 3. The summed E-state index contributed by atoms with van der Waals surface area (Å²) in [5, 5.41) is 4.39. The Hall–Kier alpha value is -3.35. The fourth-order valence-electron chi connectivity index (χ4n) is 2.67. The number of carbonyl (C=O) groups is 2. The van der Waals surface area contributed by atoms with Crippen LogP contribution in [-0.2, 0) is 9.53 Å². The Kier molecular flexibility index (Phi) is 5.09. The second kappa shape index (κ2) is 7.34. The molecule has 0 saturated carbocycles. The number of hydrogen-bond donors (Lipinski definition) is 1. The van der Waals surface area contributed by atoms with Crippen LogP contribution >= 0.6 is 0 Å². The largest absolute Gasteiger partial charge is 0.444 e. The highest BCUT2D eigenvalue weighted by molar-refractivity contribution is 6.04. The van der Waals surface area contributed by atoms with Gasteiger partial charge in [-0.3, -0.25) is 0 Å². The van der Waals surface area contributed by atoms with Crippen LogP contribution in [0.4, 0.5) is 4.79 Å². The van der Waals surface area contributed by atoms with Crippen LogP contribution in [0.5, 0.6) is 5.75 Å². The lowest BCUT2D eigenvalue weighted by molar-refractivity contribution is -0.136. The van der Waals surface area contributed by atoms with Crippen LogP contribution in [0.1, 0.15) is 27.7 Å². The average Bonchev–Trinajstić information content (AvgIpc) is 2.60. The van der Waals surface area contributed by atoms with E-state index in [0.29, 0.717) is 11.0 Å². The Morgan fingerprint density at radius 1 is 1.04 bits per heavy atom. The number of alkyl carbamates (subject to hydrolysis) is 1. The summed E-state index contributed by atoms with van der Waals surface area (Å²) in [5.74, 6) is -0.470. The third-order valence-electron chi connectivity index (χ3n) is 3.90. The summed E-state index contributed by atoms with van der Waals surface area (Å²) in [6.07, 6.45) is -0.715. The molecular weight excluding hydrogens is 362 g/mol. The quantitative estimate of drug-likeness (QED) is 0.320. The summed E-state index contributed by atoms with van der Waals surface area (Å²) < 4.78 is 15.7. The van der Waals surface area contributed by atoms with Crippen LogP contribution in [0.15, 0.2) is 51.7 Å². The van der Waals surface area contributed by atoms with Gasteiger partial charge in [-0.15, -0.1) is 0 Å². The van der Waals surface area contributed by atoms with Gasteiger partial charge in [-0.2, -0.15) is 0 Å². The third kappa shape index (κ3) is 4.31. The summed E-state index contributed by atoms with van der Waals surface area (Å²) in [6, 6.07) is 11.0. The molecule has 7 heteroatoms. The molecule has 0 radical (unpaired) electrons. The number of carbonyl (C=O) groups excluding carboxylic acids is 2. The molecule has 0 aliphatic carbocycles. The zero-order valence-electron chi connectivity index (χ0n) is 16.1. The van der Waals surface area contributed by atoms with Crippen LogP contribution in [0.25, 0.3) is 21.7 Å². The molecular formula is C21H21NO6. The molecule has 0 bridgehead atoms. The Bertz CT molecular complexity index is 1110. The number of nitrogens with one attached hydrogen (secondary N) is 1. The average molecular weight is 383 g/mol. The van der Waals surface area contributed by atoms with E-state index in [2.05, 4.69) is 5.32 Å². The molecule has 1 atom stereocenters. The molecule has 0 saturated heterocycles. The van der Waals surface area contributed by atoms with Crippen LogP contribution in [0.3, 0.4) is 0 Å². The second-order valence-electron chi connectivity index (χ2n) is 7.38. The summed E-state index contributed by atoms with van der Waals surface area (Å²) >= 11 is 0. The molecule has 3 aromatic rings. The van der Waals surface area contributed by atoms with Gasteiger partial charge in [-0.1, -0.05) is 18.2 Å². The Morgan fingerprint density at radius 3 is 2.39 bits per heavy atom. The first-order valence-corrected chi connectivity index (χ1v) is 8.81. The maximum Gasteiger partial charge on any atom is 0.408 e. The van der Waals surface area contributed by atoms with Gasteiger partial charge in [-0.05, 0) is 51.3 Å². The molecule has 3 rings (SSSR count). The molecule has 1 heterocycles. The normalized spacial score (nSPS) is 12.6. The molecule has 0 unspecified atom stereocenters. The topological polar surface area (TPSA) is 94.8 Å². The van der Waals surface area contributed by atoms with Gasteiger partial charge in [0, 0.05) is 11.5 Å². The SMILES string of the molecule is C[C@@H](NC(=O)OC(C)(C)C)C(=O)Oc1ccc2c(c1)oc(=O)c1ccccc12. The van der Waals surface area contributed by atoms with Crippen molar-refractivity contribution in [1.82, 2.24) is 5.32 Å². The van der Waals surface area contributed by atoms with Crippen molar-refractivity contribution in [1.29, 1.82) is 0 Å². The molecule has 0 spiro atoms. The van der Waals surface area contributed by atoms with Crippen molar-refractivity contribution in [2.75, 3.05) is 0 Å². The van der Waals surface area contributed by atoms with Crippen molar-refractivity contribution in [3.8, 4) is 5.75 Å². The maximum atomic E-state index is 12.2. The summed E-state index contributed by atoms with van der Waals surface area (Å²) in [7, 11) is 0. The van der Waals surface area contributed by atoms with Crippen molar-refractivity contribution < 1.29 is 23.5 Å². The number of ether oxygens (including phenoxy) is 2. The highest BCUT2D eigenvalue weighted by atomic mass is 16.6. The van der Waals surface area contributed by atoms with E-state index < -0.39 is 29.3 Å². The van der Waals surface area contributed by atoms with Crippen LogP contribution in [0.2, 0.25) is 0 Å². The van der Waals surface area contributed by atoms with E-state index in [9.17, 15) is 14.4 Å². The minimum Gasteiger partial charge on any atom is -0.444 e. The molecule has 0 fully saturated rings. The second-order valence-corrected chi connectivity index (χ2v) is 7.38. The molecule has 146 valence electrons. The zero-order chi connectivity index (χ0) is 20.5. The lowest BCUT2D eigenvalue weighted by Gasteiger charge is -2.21. The van der Waals surface area contributed by atoms with Gasteiger partial charge in [0.15, 0.2) is 0 Å². The van der Waals surface area contributed by atoms with Gasteiger partial charge in [-0.25, -0.2) is 14.4 Å². The summed E-state index contributed by atoms with van der Waals surface area (Å²) in [5.41, 5.74) is -0.833. The molecule has 0 aliphatic heterocycles. The number of amides is 1. The van der Waals surface area contributed by atoms with E-state index >= 15 is 0 Å². The lowest BCUT2D eigenvalue weighted by atomic mass is 10.1. The highest BCUT2D eigenvalue weighted by Crippen LogP contribution is 2.26. The number of rotatable bonds is 3. The van der Waals surface area contributed by atoms with Crippen molar-refractivity contribution in [3.05, 3.63) is 52.9 Å². The highest BCUT2D eigenvalue weighted by Gasteiger charge is 2.22. The Balaban J connectivity index is 1.79. The van der Waals surface area contributed by atoms with E-state index in [0.717, 1.165) is 10.8 Å². The first kappa shape index (κ1) is 19.4. The van der Waals surface area contributed by atoms with Crippen LogP contribution in [0, 0.1) is 0 Å². The van der Waals surface area contributed by atoms with Gasteiger partial charge in [0.1, 0.15) is 23.0 Å². The number of esters is 1. The first-order valence-electron chi connectivity index (χ1n) is 8.81. The lowest BCUT2D eigenvalue weighted by Crippen LogP contribution is -2.43. The van der Waals surface area contributed by atoms with Crippen LogP contribution in [-0.4, -0.2) is 23.7 Å². The van der Waals surface area contributed by atoms with Gasteiger partial charge in [0.25, 0.3) is 0 Å². The minimum atomic E-state index is -0.922. The van der Waals surface area contributed by atoms with Crippen molar-refractivity contribution in [2.45, 2.75) is 39.3 Å². The predicted octanol–water partition coefficient (Wildman–Crippen LogP) is 3.76. The summed E-state index contributed by atoms with van der Waals surface area (Å²) in [6.45, 7) is 6.66. The molecule has 1 N–H and O–H groups in total. The standard InChI is InChI=1S/C21H21NO6/c1-12(22-20(25)28-21(2,3)4)18(23)26-13-9-10-15-14-7-5-6-8-16(14)19(24)27-17(15)11-13/h5-12H,1-4H3,(H,22,25)/t12-/m1/s1. The van der Waals surface area contributed by atoms with Crippen molar-refractivity contribution in [3.63, 3.8) is 0 Å². The van der Waals surface area contributed by atoms with E-state index in [1.54, 1.807) is 45.0 Å². The maximum absolute atomic E-state index is 12.2. The molecule has 2 aromatic carbocycles. The molecule has 1 amide bonds. The van der Waals surface area contributed by atoms with Gasteiger partial charge in [0.2, 0.25) is 0 Å². The number of hydrogen-bond acceptors (Lipinski definition) is 6. The van der Waals surface area contributed by atoms with Crippen molar-refractivity contribution >= 4 is 33.8 Å².